The van der Waals surface area contributed by atoms with Crippen LogP contribution < -0.4 is 9.47 Å². The second-order valence-corrected chi connectivity index (χ2v) is 7.65. The third kappa shape index (κ3) is 2.99. The Kier molecular flexibility index (Phi) is 4.20. The second kappa shape index (κ2) is 6.87. The van der Waals surface area contributed by atoms with Crippen LogP contribution in [-0.4, -0.2) is 30.8 Å². The zero-order chi connectivity index (χ0) is 19.1. The Morgan fingerprint density at radius 1 is 1.14 bits per heavy atom. The molecular formula is C20H19N5O2S. The van der Waals surface area contributed by atoms with Crippen LogP contribution >= 0.6 is 11.8 Å². The molecule has 0 saturated heterocycles. The van der Waals surface area contributed by atoms with Crippen LogP contribution in [-0.2, 0) is 12.8 Å². The maximum atomic E-state index is 6.05. The first-order chi connectivity index (χ1) is 13.7. The van der Waals surface area contributed by atoms with Crippen LogP contribution in [0.4, 0.5) is 0 Å². The third-order valence-electron chi connectivity index (χ3n) is 4.74. The highest BCUT2D eigenvalue weighted by Crippen LogP contribution is 2.36. The van der Waals surface area contributed by atoms with Crippen LogP contribution in [0.25, 0.3) is 5.65 Å². The van der Waals surface area contributed by atoms with E-state index in [9.17, 15) is 0 Å². The lowest BCUT2D eigenvalue weighted by molar-refractivity contribution is 0.0825. The van der Waals surface area contributed by atoms with Gasteiger partial charge in [0.2, 0.25) is 0 Å². The Morgan fingerprint density at radius 2 is 2.00 bits per heavy atom. The molecule has 4 aromatic rings. The predicted molar refractivity (Wildman–Crippen MR) is 106 cm³/mol. The van der Waals surface area contributed by atoms with E-state index >= 15 is 0 Å². The number of aryl methyl sites for hydroxylation is 1. The number of ether oxygens (including phenoxy) is 2. The van der Waals surface area contributed by atoms with Crippen LogP contribution in [0.3, 0.4) is 0 Å². The molecule has 5 rings (SSSR count). The molecule has 0 fully saturated rings. The molecule has 0 spiro atoms. The summed E-state index contributed by atoms with van der Waals surface area (Å²) in [6, 6.07) is 11.8. The Labute approximate surface area is 166 Å². The standard InChI is InChI=1S/C20H19N5O2S/c1-13-6-5-9-25-10-14(21-18(13)25)12-28-20-23-22-19(24(20)2)17-11-26-15-7-3-4-8-16(15)27-17/h3-10,17H,11-12H2,1-2H3. The van der Waals surface area contributed by atoms with Crippen LogP contribution in [0.5, 0.6) is 11.5 Å². The first-order valence-corrected chi connectivity index (χ1v) is 10.0. The maximum Gasteiger partial charge on any atom is 0.192 e. The first kappa shape index (κ1) is 17.1. The van der Waals surface area contributed by atoms with Crippen molar-refractivity contribution in [2.24, 2.45) is 7.05 Å². The minimum atomic E-state index is -0.278. The number of pyridine rings is 1. The lowest BCUT2D eigenvalue weighted by Gasteiger charge is -2.25. The number of rotatable bonds is 4. The number of imidazole rings is 1. The summed E-state index contributed by atoms with van der Waals surface area (Å²) in [5.74, 6) is 2.97. The number of thioether (sulfide) groups is 1. The number of hydrogen-bond acceptors (Lipinski definition) is 6. The molecule has 1 aliphatic heterocycles. The van der Waals surface area contributed by atoms with Gasteiger partial charge in [-0.1, -0.05) is 30.0 Å². The molecule has 0 aliphatic carbocycles. The average molecular weight is 393 g/mol. The van der Waals surface area contributed by atoms with E-state index < -0.39 is 0 Å². The van der Waals surface area contributed by atoms with Gasteiger partial charge in [-0.25, -0.2) is 4.98 Å². The van der Waals surface area contributed by atoms with Crippen LogP contribution in [0.15, 0.2) is 53.9 Å². The largest absolute Gasteiger partial charge is 0.485 e. The predicted octanol–water partition coefficient (Wildman–Crippen LogP) is 3.58. The highest BCUT2D eigenvalue weighted by Gasteiger charge is 2.27. The maximum absolute atomic E-state index is 6.05. The van der Waals surface area contributed by atoms with E-state index in [1.54, 1.807) is 11.8 Å². The number of fused-ring (bicyclic) bond motifs is 2. The minimum Gasteiger partial charge on any atom is -0.485 e. The molecule has 0 amide bonds. The summed E-state index contributed by atoms with van der Waals surface area (Å²) in [5.41, 5.74) is 3.16. The highest BCUT2D eigenvalue weighted by atomic mass is 32.2. The monoisotopic (exact) mass is 393 g/mol. The summed E-state index contributed by atoms with van der Waals surface area (Å²) in [7, 11) is 1.95. The van der Waals surface area contributed by atoms with Crippen molar-refractivity contribution >= 4 is 17.4 Å². The third-order valence-corrected chi connectivity index (χ3v) is 5.80. The number of nitrogens with zero attached hydrogens (tertiary/aromatic N) is 5. The van der Waals surface area contributed by atoms with E-state index in [2.05, 4.69) is 33.8 Å². The van der Waals surface area contributed by atoms with Gasteiger partial charge in [-0.2, -0.15) is 0 Å². The number of aromatic nitrogens is 5. The number of hydrogen-bond donors (Lipinski definition) is 0. The quantitative estimate of drug-likeness (QED) is 0.494. The molecule has 1 atom stereocenters. The van der Waals surface area contributed by atoms with Gasteiger partial charge in [0.1, 0.15) is 12.3 Å². The fourth-order valence-corrected chi connectivity index (χ4v) is 4.09. The lowest BCUT2D eigenvalue weighted by atomic mass is 10.2. The summed E-state index contributed by atoms with van der Waals surface area (Å²) in [4.78, 5) is 4.72. The van der Waals surface area contributed by atoms with Gasteiger partial charge in [-0.3, -0.25) is 0 Å². The van der Waals surface area contributed by atoms with Crippen molar-refractivity contribution in [3.05, 3.63) is 65.9 Å². The van der Waals surface area contributed by atoms with Crippen LogP contribution in [0.2, 0.25) is 0 Å². The number of benzene rings is 1. The summed E-state index contributed by atoms with van der Waals surface area (Å²) in [6.45, 7) is 2.48. The highest BCUT2D eigenvalue weighted by molar-refractivity contribution is 7.98. The molecule has 8 heteroatoms. The Balaban J connectivity index is 1.32. The molecule has 28 heavy (non-hydrogen) atoms. The van der Waals surface area contributed by atoms with Gasteiger partial charge in [0.05, 0.1) is 5.69 Å². The SMILES string of the molecule is Cc1cccn2cc(CSc3nnc(C4COc5ccccc5O4)n3C)nc12. The van der Waals surface area contributed by atoms with E-state index in [1.807, 2.05) is 48.1 Å². The summed E-state index contributed by atoms with van der Waals surface area (Å²) >= 11 is 1.61. The molecule has 3 aromatic heterocycles. The van der Waals surface area contributed by atoms with Gasteiger partial charge in [-0.05, 0) is 30.7 Å². The van der Waals surface area contributed by atoms with E-state index in [1.165, 1.54) is 0 Å². The van der Waals surface area contributed by atoms with E-state index in [-0.39, 0.29) is 6.10 Å². The van der Waals surface area contributed by atoms with Crippen molar-refractivity contribution < 1.29 is 9.47 Å². The van der Waals surface area contributed by atoms with Crippen molar-refractivity contribution in [1.29, 1.82) is 0 Å². The molecule has 4 heterocycles. The lowest BCUT2D eigenvalue weighted by Crippen LogP contribution is -2.24. The second-order valence-electron chi connectivity index (χ2n) is 6.71. The zero-order valence-corrected chi connectivity index (χ0v) is 16.4. The van der Waals surface area contributed by atoms with Crippen LogP contribution in [0, 0.1) is 6.92 Å². The summed E-state index contributed by atoms with van der Waals surface area (Å²) in [6.07, 6.45) is 3.80. The van der Waals surface area contributed by atoms with Gasteiger partial charge < -0.3 is 18.4 Å². The van der Waals surface area contributed by atoms with E-state index in [0.29, 0.717) is 6.61 Å². The molecule has 0 radical (unpaired) electrons. The van der Waals surface area contributed by atoms with E-state index in [0.717, 1.165) is 45.1 Å². The van der Waals surface area contributed by atoms with Crippen molar-refractivity contribution in [3.63, 3.8) is 0 Å². The smallest absolute Gasteiger partial charge is 0.192 e. The van der Waals surface area contributed by atoms with Gasteiger partial charge >= 0.3 is 0 Å². The molecule has 142 valence electrons. The fourth-order valence-electron chi connectivity index (χ4n) is 3.29. The molecular weight excluding hydrogens is 374 g/mol. The molecule has 0 saturated carbocycles. The molecule has 1 aliphatic rings. The first-order valence-electron chi connectivity index (χ1n) is 9.03. The van der Waals surface area contributed by atoms with Crippen molar-refractivity contribution in [2.45, 2.75) is 23.9 Å². The van der Waals surface area contributed by atoms with Gasteiger partial charge in [0.15, 0.2) is 28.6 Å². The van der Waals surface area contributed by atoms with Crippen molar-refractivity contribution in [1.82, 2.24) is 24.1 Å². The molecule has 0 N–H and O–H groups in total. The van der Waals surface area contributed by atoms with Crippen LogP contribution in [0.1, 0.15) is 23.2 Å². The topological polar surface area (TPSA) is 66.5 Å². The number of para-hydroxylation sites is 2. The molecule has 7 nitrogen and oxygen atoms in total. The van der Waals surface area contributed by atoms with Crippen molar-refractivity contribution in [2.75, 3.05) is 6.61 Å². The van der Waals surface area contributed by atoms with Gasteiger partial charge in [0.25, 0.3) is 0 Å². The Morgan fingerprint density at radius 3 is 2.86 bits per heavy atom. The average Bonchev–Trinajstić information content (AvgIpc) is 3.30. The molecule has 0 bridgehead atoms. The zero-order valence-electron chi connectivity index (χ0n) is 15.6. The normalized spacial score (nSPS) is 15.9. The van der Waals surface area contributed by atoms with Gasteiger partial charge in [-0.15, -0.1) is 10.2 Å². The summed E-state index contributed by atoms with van der Waals surface area (Å²) in [5, 5.41) is 9.51. The fraction of sp³-hybridized carbons (Fsp3) is 0.250. The summed E-state index contributed by atoms with van der Waals surface area (Å²) < 4.78 is 15.9. The Hall–Kier alpha value is -3.00. The van der Waals surface area contributed by atoms with Crippen molar-refractivity contribution in [3.8, 4) is 11.5 Å². The van der Waals surface area contributed by atoms with Gasteiger partial charge in [0, 0.05) is 25.2 Å². The Bertz CT molecular complexity index is 1150. The molecule has 1 unspecified atom stereocenters. The molecule has 1 aromatic carbocycles. The minimum absolute atomic E-state index is 0.278. The van der Waals surface area contributed by atoms with E-state index in [4.69, 9.17) is 14.5 Å².